The van der Waals surface area contributed by atoms with Crippen molar-refractivity contribution in [3.63, 3.8) is 0 Å². The van der Waals surface area contributed by atoms with E-state index in [1.807, 2.05) is 48.0 Å². The number of ether oxygens (including phenoxy) is 1. The van der Waals surface area contributed by atoms with Crippen LogP contribution in [0, 0.1) is 11.8 Å². The number of fused-ring (bicyclic) bond motifs is 1. The van der Waals surface area contributed by atoms with Crippen molar-refractivity contribution in [1.29, 1.82) is 0 Å². The zero-order valence-electron chi connectivity index (χ0n) is 12.1. The Morgan fingerprint density at radius 1 is 0.905 bits per heavy atom. The molecule has 0 N–H and O–H groups in total. The van der Waals surface area contributed by atoms with Crippen molar-refractivity contribution in [3.05, 3.63) is 72.1 Å². The van der Waals surface area contributed by atoms with Crippen LogP contribution in [-0.2, 0) is 7.05 Å². The first kappa shape index (κ1) is 13.2. The van der Waals surface area contributed by atoms with Gasteiger partial charge in [0.25, 0.3) is 0 Å². The summed E-state index contributed by atoms with van der Waals surface area (Å²) in [6, 6.07) is 16.1. The van der Waals surface area contributed by atoms with Gasteiger partial charge in [0.2, 0.25) is 0 Å². The number of benzene rings is 2. The van der Waals surface area contributed by atoms with Crippen LogP contribution < -0.4 is 9.30 Å². The average molecular weight is 274 g/mol. The molecule has 1 heterocycles. The minimum absolute atomic E-state index is 0.845. The van der Waals surface area contributed by atoms with Gasteiger partial charge in [0.05, 0.1) is 12.7 Å². The maximum Gasteiger partial charge on any atom is 0.184 e. The van der Waals surface area contributed by atoms with E-state index in [-0.39, 0.29) is 0 Å². The van der Waals surface area contributed by atoms with Gasteiger partial charge >= 0.3 is 0 Å². The third-order valence-corrected chi connectivity index (χ3v) is 3.36. The predicted octanol–water partition coefficient (Wildman–Crippen LogP) is 3.07. The molecule has 1 aromatic heterocycles. The van der Waals surface area contributed by atoms with Gasteiger partial charge in [-0.25, -0.2) is 4.57 Å². The smallest absolute Gasteiger partial charge is 0.184 e. The molecule has 3 aromatic rings. The van der Waals surface area contributed by atoms with Crippen LogP contribution in [0.1, 0.15) is 11.1 Å². The van der Waals surface area contributed by atoms with Crippen molar-refractivity contribution >= 4 is 10.8 Å². The summed E-state index contributed by atoms with van der Waals surface area (Å²) < 4.78 is 7.20. The van der Waals surface area contributed by atoms with Gasteiger partial charge in [-0.3, -0.25) is 0 Å². The maximum atomic E-state index is 5.15. The van der Waals surface area contributed by atoms with Crippen LogP contribution in [0.5, 0.6) is 5.75 Å². The zero-order chi connectivity index (χ0) is 14.7. The Morgan fingerprint density at radius 2 is 1.67 bits per heavy atom. The summed E-state index contributed by atoms with van der Waals surface area (Å²) in [7, 11) is 3.68. The molecule has 2 aromatic carbocycles. The van der Waals surface area contributed by atoms with Gasteiger partial charge in [0.15, 0.2) is 12.4 Å². The van der Waals surface area contributed by atoms with Crippen LogP contribution in [0.25, 0.3) is 10.8 Å². The fraction of sp³-hybridized carbons (Fsp3) is 0.105. The van der Waals surface area contributed by atoms with Crippen LogP contribution in [0.4, 0.5) is 0 Å². The molecule has 3 rings (SSSR count). The molecular formula is C19H16NO+. The van der Waals surface area contributed by atoms with E-state index in [1.165, 1.54) is 10.8 Å². The van der Waals surface area contributed by atoms with Crippen LogP contribution in [0.3, 0.4) is 0 Å². The number of methoxy groups -OCH3 is 1. The summed E-state index contributed by atoms with van der Waals surface area (Å²) in [6.45, 7) is 0. The lowest BCUT2D eigenvalue weighted by Crippen LogP contribution is -2.27. The quantitative estimate of drug-likeness (QED) is 0.491. The molecular weight excluding hydrogens is 258 g/mol. The number of pyridine rings is 1. The third-order valence-electron chi connectivity index (χ3n) is 3.36. The molecule has 0 saturated carbocycles. The Labute approximate surface area is 124 Å². The highest BCUT2D eigenvalue weighted by atomic mass is 16.5. The molecule has 102 valence electrons. The topological polar surface area (TPSA) is 13.1 Å². The summed E-state index contributed by atoms with van der Waals surface area (Å²) in [5, 5.41) is 2.37. The van der Waals surface area contributed by atoms with E-state index >= 15 is 0 Å². The Bertz CT molecular complexity index is 839. The van der Waals surface area contributed by atoms with Crippen molar-refractivity contribution in [1.82, 2.24) is 0 Å². The molecule has 0 saturated heterocycles. The standard InChI is InChI=1S/C19H16NO/c1-20-13-16-5-3-4-6-19(16)17(14-20)10-7-15-8-11-18(21-2)12-9-15/h3-6,8-9,11-14H,1-2H3/q+1. The second-order valence-electron chi connectivity index (χ2n) is 4.90. The summed E-state index contributed by atoms with van der Waals surface area (Å²) in [5.74, 6) is 7.33. The van der Waals surface area contributed by atoms with Crippen molar-refractivity contribution < 1.29 is 9.30 Å². The number of rotatable bonds is 1. The van der Waals surface area contributed by atoms with Crippen molar-refractivity contribution in [2.45, 2.75) is 0 Å². The van der Waals surface area contributed by atoms with Gasteiger partial charge in [-0.05, 0) is 30.3 Å². The Hall–Kier alpha value is -2.79. The van der Waals surface area contributed by atoms with Crippen molar-refractivity contribution in [2.75, 3.05) is 7.11 Å². The van der Waals surface area contributed by atoms with Gasteiger partial charge < -0.3 is 4.74 Å². The van der Waals surface area contributed by atoms with Gasteiger partial charge in [-0.1, -0.05) is 30.0 Å². The van der Waals surface area contributed by atoms with Crippen LogP contribution in [0.2, 0.25) is 0 Å². The van der Waals surface area contributed by atoms with Crippen LogP contribution >= 0.6 is 0 Å². The van der Waals surface area contributed by atoms with E-state index in [9.17, 15) is 0 Å². The zero-order valence-corrected chi connectivity index (χ0v) is 12.1. The highest BCUT2D eigenvalue weighted by Gasteiger charge is 2.04. The number of hydrogen-bond donors (Lipinski definition) is 0. The van der Waals surface area contributed by atoms with Crippen molar-refractivity contribution in [3.8, 4) is 17.6 Å². The molecule has 0 aliphatic carbocycles. The molecule has 0 atom stereocenters. The Morgan fingerprint density at radius 3 is 2.43 bits per heavy atom. The largest absolute Gasteiger partial charge is 0.497 e. The SMILES string of the molecule is COc1ccc(C#Cc2c[n+](C)cc3ccccc23)cc1. The lowest BCUT2D eigenvalue weighted by Gasteiger charge is -1.99. The molecule has 0 aliphatic heterocycles. The van der Waals surface area contributed by atoms with E-state index in [4.69, 9.17) is 4.74 Å². The molecule has 0 aliphatic rings. The van der Waals surface area contributed by atoms with E-state index in [1.54, 1.807) is 7.11 Å². The second-order valence-corrected chi connectivity index (χ2v) is 4.90. The monoisotopic (exact) mass is 274 g/mol. The number of hydrogen-bond acceptors (Lipinski definition) is 1. The summed E-state index contributed by atoms with van der Waals surface area (Å²) >= 11 is 0. The molecule has 0 bridgehead atoms. The molecule has 0 spiro atoms. The highest BCUT2D eigenvalue weighted by molar-refractivity contribution is 5.86. The van der Waals surface area contributed by atoms with Gasteiger partial charge in [0, 0.05) is 16.3 Å². The van der Waals surface area contributed by atoms with Crippen LogP contribution in [0.15, 0.2) is 60.9 Å². The average Bonchev–Trinajstić information content (AvgIpc) is 2.53. The van der Waals surface area contributed by atoms with Crippen LogP contribution in [-0.4, -0.2) is 7.11 Å². The molecule has 2 heteroatoms. The molecule has 2 nitrogen and oxygen atoms in total. The van der Waals surface area contributed by atoms with E-state index in [0.717, 1.165) is 16.9 Å². The van der Waals surface area contributed by atoms with E-state index < -0.39 is 0 Å². The first-order valence-electron chi connectivity index (χ1n) is 6.80. The summed E-state index contributed by atoms with van der Waals surface area (Å²) in [4.78, 5) is 0. The fourth-order valence-electron chi connectivity index (χ4n) is 2.30. The fourth-order valence-corrected chi connectivity index (χ4v) is 2.30. The van der Waals surface area contributed by atoms with Gasteiger partial charge in [-0.15, -0.1) is 0 Å². The van der Waals surface area contributed by atoms with Crippen molar-refractivity contribution in [2.24, 2.45) is 7.05 Å². The molecule has 0 unspecified atom stereocenters. The van der Waals surface area contributed by atoms with E-state index in [2.05, 4.69) is 36.4 Å². The summed E-state index contributed by atoms with van der Waals surface area (Å²) in [6.07, 6.45) is 4.16. The number of aromatic nitrogens is 1. The third kappa shape index (κ3) is 2.88. The normalized spacial score (nSPS) is 10.0. The number of nitrogens with zero attached hydrogens (tertiary/aromatic N) is 1. The lowest BCUT2D eigenvalue weighted by atomic mass is 10.1. The minimum atomic E-state index is 0.845. The molecule has 0 fully saturated rings. The number of aryl methyl sites for hydroxylation is 1. The lowest BCUT2D eigenvalue weighted by molar-refractivity contribution is -0.670. The Kier molecular flexibility index (Phi) is 3.57. The second kappa shape index (κ2) is 5.68. The predicted molar refractivity (Wildman–Crippen MR) is 84.1 cm³/mol. The highest BCUT2D eigenvalue weighted by Crippen LogP contribution is 2.15. The molecule has 21 heavy (non-hydrogen) atoms. The minimum Gasteiger partial charge on any atom is -0.497 e. The first-order chi connectivity index (χ1) is 10.3. The first-order valence-corrected chi connectivity index (χ1v) is 6.80. The molecule has 0 amide bonds. The Balaban J connectivity index is 2.03. The molecule has 0 radical (unpaired) electrons. The van der Waals surface area contributed by atoms with Gasteiger partial charge in [-0.2, -0.15) is 0 Å². The van der Waals surface area contributed by atoms with Gasteiger partial charge in [0.1, 0.15) is 12.8 Å². The summed E-state index contributed by atoms with van der Waals surface area (Å²) in [5.41, 5.74) is 2.01. The van der Waals surface area contributed by atoms with E-state index in [0.29, 0.717) is 0 Å². The maximum absolute atomic E-state index is 5.15.